The Balaban J connectivity index is 1.56. The highest BCUT2D eigenvalue weighted by Gasteiger charge is 2.27. The molecule has 2 aromatic rings. The highest BCUT2D eigenvalue weighted by atomic mass is 16.5. The van der Waals surface area contributed by atoms with Crippen molar-refractivity contribution in [1.82, 2.24) is 14.9 Å². The van der Waals surface area contributed by atoms with Crippen LogP contribution in [0.3, 0.4) is 0 Å². The molecule has 33 heavy (non-hydrogen) atoms. The maximum absolute atomic E-state index is 13.1. The summed E-state index contributed by atoms with van der Waals surface area (Å²) in [6.07, 6.45) is 4.26. The molecule has 4 rings (SSSR count). The quantitative estimate of drug-likeness (QED) is 0.666. The maximum Gasteiger partial charge on any atom is 0.328 e. The van der Waals surface area contributed by atoms with Gasteiger partial charge < -0.3 is 14.4 Å². The second kappa shape index (κ2) is 9.94. The monoisotopic (exact) mass is 450 g/mol. The molecule has 1 atom stereocenters. The highest BCUT2D eigenvalue weighted by Crippen LogP contribution is 2.29. The Kier molecular flexibility index (Phi) is 6.82. The van der Waals surface area contributed by atoms with E-state index < -0.39 is 6.03 Å². The third-order valence-electron chi connectivity index (χ3n) is 5.52. The average Bonchev–Trinajstić information content (AvgIpc) is 3.31. The maximum atomic E-state index is 13.1. The third-order valence-corrected chi connectivity index (χ3v) is 5.52. The minimum absolute atomic E-state index is 0.139. The van der Waals surface area contributed by atoms with Crippen LogP contribution in [0.4, 0.5) is 16.4 Å². The normalized spacial score (nSPS) is 17.4. The van der Waals surface area contributed by atoms with Gasteiger partial charge in [-0.1, -0.05) is 0 Å². The summed E-state index contributed by atoms with van der Waals surface area (Å²) in [5.41, 5.74) is 2.38. The summed E-state index contributed by atoms with van der Waals surface area (Å²) in [6, 6.07) is 5.16. The number of rotatable bonds is 6. The molecular formula is C23H26N6O4. The van der Waals surface area contributed by atoms with E-state index in [1.165, 1.54) is 11.1 Å². The number of nitrogens with zero attached hydrogens (tertiary/aromatic N) is 5. The first-order valence-corrected chi connectivity index (χ1v) is 10.8. The summed E-state index contributed by atoms with van der Waals surface area (Å²) in [4.78, 5) is 36.9. The van der Waals surface area contributed by atoms with Gasteiger partial charge in [-0.25, -0.2) is 14.8 Å². The van der Waals surface area contributed by atoms with Gasteiger partial charge in [0.25, 0.3) is 0 Å². The molecule has 172 valence electrons. The van der Waals surface area contributed by atoms with E-state index in [2.05, 4.69) is 21.4 Å². The van der Waals surface area contributed by atoms with E-state index in [0.717, 1.165) is 36.7 Å². The molecule has 10 nitrogen and oxygen atoms in total. The number of aldehydes is 1. The van der Waals surface area contributed by atoms with Crippen LogP contribution in [-0.2, 0) is 17.7 Å². The topological polar surface area (TPSA) is 121 Å². The van der Waals surface area contributed by atoms with Crippen LogP contribution in [-0.4, -0.2) is 67.1 Å². The molecule has 1 fully saturated rings. The number of pyridine rings is 2. The Morgan fingerprint density at radius 1 is 1.45 bits per heavy atom. The van der Waals surface area contributed by atoms with Crippen LogP contribution >= 0.6 is 0 Å². The number of amides is 2. The summed E-state index contributed by atoms with van der Waals surface area (Å²) >= 11 is 0. The number of hydrogen-bond acceptors (Lipinski definition) is 8. The van der Waals surface area contributed by atoms with Crippen molar-refractivity contribution in [3.63, 3.8) is 0 Å². The van der Waals surface area contributed by atoms with Gasteiger partial charge in [0.2, 0.25) is 0 Å². The SMILES string of the molecule is CN(C)Cc1cc2c(nc1C=O)N(C(=O)Nc1cc(O[C@@H]3CCOC3)c(C#N)cn1)CCC2. The molecule has 1 saturated heterocycles. The van der Waals surface area contributed by atoms with Crippen LogP contribution in [0.5, 0.6) is 5.75 Å². The zero-order valence-electron chi connectivity index (χ0n) is 18.7. The fourth-order valence-corrected chi connectivity index (χ4v) is 3.97. The van der Waals surface area contributed by atoms with Crippen molar-refractivity contribution in [3.8, 4) is 11.8 Å². The van der Waals surface area contributed by atoms with Crippen molar-refractivity contribution >= 4 is 24.0 Å². The molecule has 0 saturated carbocycles. The molecule has 2 aliphatic rings. The molecular weight excluding hydrogens is 424 g/mol. The first-order valence-electron chi connectivity index (χ1n) is 10.8. The lowest BCUT2D eigenvalue weighted by molar-refractivity contribution is 0.111. The van der Waals surface area contributed by atoms with Crippen molar-refractivity contribution in [2.24, 2.45) is 0 Å². The minimum atomic E-state index is -0.409. The molecule has 0 aliphatic carbocycles. The number of hydrogen-bond donors (Lipinski definition) is 1. The first-order chi connectivity index (χ1) is 16.0. The zero-order valence-corrected chi connectivity index (χ0v) is 18.7. The van der Waals surface area contributed by atoms with Crippen LogP contribution in [0, 0.1) is 11.3 Å². The molecule has 2 amide bonds. The summed E-state index contributed by atoms with van der Waals surface area (Å²) in [5.74, 6) is 1.10. The second-order valence-electron chi connectivity index (χ2n) is 8.34. The first kappa shape index (κ1) is 22.6. The number of aryl methyl sites for hydroxylation is 1. The largest absolute Gasteiger partial charge is 0.486 e. The van der Waals surface area contributed by atoms with E-state index >= 15 is 0 Å². The Bertz CT molecular complexity index is 1090. The Morgan fingerprint density at radius 2 is 2.30 bits per heavy atom. The number of fused-ring (bicyclic) bond motifs is 1. The van der Waals surface area contributed by atoms with Crippen molar-refractivity contribution in [1.29, 1.82) is 5.26 Å². The summed E-state index contributed by atoms with van der Waals surface area (Å²) in [7, 11) is 3.85. The van der Waals surface area contributed by atoms with Crippen LogP contribution in [0.2, 0.25) is 0 Å². The second-order valence-corrected chi connectivity index (χ2v) is 8.34. The van der Waals surface area contributed by atoms with E-state index in [1.807, 2.05) is 25.1 Å². The van der Waals surface area contributed by atoms with Gasteiger partial charge in [-0.2, -0.15) is 5.26 Å². The Hall–Kier alpha value is -3.55. The van der Waals surface area contributed by atoms with Crippen molar-refractivity contribution in [2.45, 2.75) is 31.9 Å². The molecule has 2 aromatic heterocycles. The number of aromatic nitrogens is 2. The predicted molar refractivity (Wildman–Crippen MR) is 121 cm³/mol. The van der Waals surface area contributed by atoms with E-state index in [1.54, 1.807) is 6.07 Å². The lowest BCUT2D eigenvalue weighted by Gasteiger charge is -2.29. The van der Waals surface area contributed by atoms with Crippen molar-refractivity contribution in [2.75, 3.05) is 44.1 Å². The molecule has 1 N–H and O–H groups in total. The fourth-order valence-electron chi connectivity index (χ4n) is 3.97. The van der Waals surface area contributed by atoms with E-state index in [4.69, 9.17) is 9.47 Å². The van der Waals surface area contributed by atoms with Crippen molar-refractivity contribution < 1.29 is 19.1 Å². The summed E-state index contributed by atoms with van der Waals surface area (Å²) < 4.78 is 11.2. The van der Waals surface area contributed by atoms with Crippen LogP contribution in [0.15, 0.2) is 18.3 Å². The van der Waals surface area contributed by atoms with Gasteiger partial charge >= 0.3 is 6.03 Å². The van der Waals surface area contributed by atoms with Crippen LogP contribution in [0.25, 0.3) is 0 Å². The average molecular weight is 450 g/mol. The smallest absolute Gasteiger partial charge is 0.328 e. The van der Waals surface area contributed by atoms with Gasteiger partial charge in [-0.3, -0.25) is 15.0 Å². The lowest BCUT2D eigenvalue weighted by atomic mass is 10.0. The minimum Gasteiger partial charge on any atom is -0.486 e. The lowest BCUT2D eigenvalue weighted by Crippen LogP contribution is -2.40. The number of anilines is 2. The van der Waals surface area contributed by atoms with E-state index in [0.29, 0.717) is 43.6 Å². The van der Waals surface area contributed by atoms with Gasteiger partial charge in [-0.15, -0.1) is 0 Å². The number of nitriles is 1. The Labute approximate surface area is 192 Å². The highest BCUT2D eigenvalue weighted by molar-refractivity contribution is 6.01. The van der Waals surface area contributed by atoms with Gasteiger partial charge in [0, 0.05) is 25.6 Å². The number of carbonyl (C=O) groups is 2. The number of urea groups is 1. The third kappa shape index (κ3) is 5.10. The Morgan fingerprint density at radius 3 is 3.00 bits per heavy atom. The molecule has 0 bridgehead atoms. The van der Waals surface area contributed by atoms with E-state index in [9.17, 15) is 14.9 Å². The fraction of sp³-hybridized carbons (Fsp3) is 0.435. The molecule has 10 heteroatoms. The number of ether oxygens (including phenoxy) is 2. The van der Waals surface area contributed by atoms with Gasteiger partial charge in [-0.05, 0) is 44.1 Å². The van der Waals surface area contributed by atoms with Gasteiger partial charge in [0.15, 0.2) is 6.29 Å². The molecule has 0 spiro atoms. The standard InChI is InChI=1S/C23H26N6O4/c1-28(2)12-16-8-15-4-3-6-29(22(15)26-19(16)13-30)23(31)27-21-9-20(17(10-24)11-25-21)33-18-5-7-32-14-18/h8-9,11,13,18H,3-7,12,14H2,1-2H3,(H,25,27,31)/t18-/m1/s1. The predicted octanol–water partition coefficient (Wildman–Crippen LogP) is 2.37. The summed E-state index contributed by atoms with van der Waals surface area (Å²) in [6.45, 7) is 2.13. The van der Waals surface area contributed by atoms with Crippen molar-refractivity contribution in [3.05, 3.63) is 40.7 Å². The molecule has 0 unspecified atom stereocenters. The van der Waals surface area contributed by atoms with Crippen LogP contribution in [0.1, 0.15) is 40.0 Å². The van der Waals surface area contributed by atoms with Gasteiger partial charge in [0.1, 0.15) is 40.8 Å². The molecule has 0 aromatic carbocycles. The molecule has 4 heterocycles. The zero-order chi connectivity index (χ0) is 23.4. The molecule has 0 radical (unpaired) electrons. The van der Waals surface area contributed by atoms with E-state index in [-0.39, 0.29) is 17.5 Å². The van der Waals surface area contributed by atoms with Crippen LogP contribution < -0.4 is 15.0 Å². The molecule has 2 aliphatic heterocycles. The number of carbonyl (C=O) groups excluding carboxylic acids is 2. The van der Waals surface area contributed by atoms with Gasteiger partial charge in [0.05, 0.1) is 19.4 Å². The summed E-state index contributed by atoms with van der Waals surface area (Å²) in [5, 5.41) is 12.1. The number of nitrogens with one attached hydrogen (secondary N) is 1.